The first-order valence-electron chi connectivity index (χ1n) is 7.95. The quantitative estimate of drug-likeness (QED) is 0.502. The number of nitrogens with two attached hydrogens (primary N) is 1. The van der Waals surface area contributed by atoms with Gasteiger partial charge < -0.3 is 16.4 Å². The van der Waals surface area contributed by atoms with Gasteiger partial charge in [0.15, 0.2) is 4.34 Å². The van der Waals surface area contributed by atoms with Gasteiger partial charge in [0.1, 0.15) is 5.00 Å². The molecule has 3 rings (SSSR count). The number of anilines is 3. The van der Waals surface area contributed by atoms with E-state index in [1.54, 1.807) is 18.4 Å². The zero-order chi connectivity index (χ0) is 19.4. The number of amides is 2. The summed E-state index contributed by atoms with van der Waals surface area (Å²) >= 11 is 3.94. The first kappa shape index (κ1) is 19.3. The summed E-state index contributed by atoms with van der Waals surface area (Å²) in [6, 6.07) is 9.49. The summed E-state index contributed by atoms with van der Waals surface area (Å²) in [5.74, 6) is -0.795. The molecule has 1 atom stereocenters. The molecular formula is C17H17N5O2S3. The van der Waals surface area contributed by atoms with Crippen LogP contribution in [0.1, 0.15) is 22.8 Å². The Hall–Kier alpha value is -2.43. The molecule has 7 nitrogen and oxygen atoms in total. The van der Waals surface area contributed by atoms with Gasteiger partial charge >= 0.3 is 0 Å². The molecule has 0 aliphatic rings. The van der Waals surface area contributed by atoms with Crippen molar-refractivity contribution >= 4 is 62.1 Å². The van der Waals surface area contributed by atoms with Gasteiger partial charge in [0, 0.05) is 5.69 Å². The Labute approximate surface area is 168 Å². The predicted molar refractivity (Wildman–Crippen MR) is 111 cm³/mol. The molecule has 0 saturated carbocycles. The fourth-order valence-electron chi connectivity index (χ4n) is 2.15. The largest absolute Gasteiger partial charge is 0.366 e. The number of aryl methyl sites for hydroxylation is 1. The highest BCUT2D eigenvalue weighted by atomic mass is 32.2. The maximum absolute atomic E-state index is 12.4. The van der Waals surface area contributed by atoms with Crippen molar-refractivity contribution in [3.05, 3.63) is 46.8 Å². The Morgan fingerprint density at radius 3 is 2.74 bits per heavy atom. The molecule has 0 unspecified atom stereocenters. The van der Waals surface area contributed by atoms with Crippen molar-refractivity contribution in [3.8, 4) is 0 Å². The monoisotopic (exact) mass is 419 g/mol. The van der Waals surface area contributed by atoms with Crippen molar-refractivity contribution in [1.29, 1.82) is 0 Å². The Bertz CT molecular complexity index is 969. The number of para-hydroxylation sites is 1. The summed E-state index contributed by atoms with van der Waals surface area (Å²) in [5.41, 5.74) is 7.68. The van der Waals surface area contributed by atoms with E-state index >= 15 is 0 Å². The lowest BCUT2D eigenvalue weighted by atomic mass is 10.2. The maximum atomic E-state index is 12.4. The third-order valence-electron chi connectivity index (χ3n) is 3.61. The molecule has 0 aliphatic carbocycles. The number of thioether (sulfide) groups is 1. The Morgan fingerprint density at radius 2 is 2.00 bits per heavy atom. The fourth-order valence-corrected chi connectivity index (χ4v) is 4.86. The number of benzene rings is 1. The summed E-state index contributed by atoms with van der Waals surface area (Å²) < 4.78 is 0.676. The van der Waals surface area contributed by atoms with Gasteiger partial charge in [-0.1, -0.05) is 41.3 Å². The number of aromatic nitrogens is 2. The lowest BCUT2D eigenvalue weighted by molar-refractivity contribution is -0.115. The van der Waals surface area contributed by atoms with Gasteiger partial charge in [-0.25, -0.2) is 0 Å². The molecule has 3 aromatic rings. The van der Waals surface area contributed by atoms with E-state index in [1.165, 1.54) is 34.4 Å². The third kappa shape index (κ3) is 4.85. The molecule has 2 heterocycles. The second kappa shape index (κ2) is 8.51. The minimum absolute atomic E-state index is 0.228. The van der Waals surface area contributed by atoms with Gasteiger partial charge in [-0.2, -0.15) is 0 Å². The Balaban J connectivity index is 1.61. The maximum Gasteiger partial charge on any atom is 0.251 e. The number of carbonyl (C=O) groups is 2. The van der Waals surface area contributed by atoms with Crippen LogP contribution in [0.4, 0.5) is 15.8 Å². The average Bonchev–Trinajstić information content (AvgIpc) is 3.26. The molecule has 27 heavy (non-hydrogen) atoms. The fraction of sp³-hybridized carbons (Fsp3) is 0.176. The van der Waals surface area contributed by atoms with Gasteiger partial charge in [-0.15, -0.1) is 21.5 Å². The van der Waals surface area contributed by atoms with Crippen LogP contribution in [-0.2, 0) is 4.79 Å². The van der Waals surface area contributed by atoms with E-state index in [-0.39, 0.29) is 5.91 Å². The number of primary amides is 1. The topological polar surface area (TPSA) is 110 Å². The minimum atomic E-state index is -0.567. The smallest absolute Gasteiger partial charge is 0.251 e. The van der Waals surface area contributed by atoms with Gasteiger partial charge in [-0.05, 0) is 36.9 Å². The number of nitrogens with zero attached hydrogens (tertiary/aromatic N) is 2. The third-order valence-corrected chi connectivity index (χ3v) is 6.46. The molecule has 0 saturated heterocycles. The van der Waals surface area contributed by atoms with E-state index in [1.807, 2.05) is 31.2 Å². The number of carbonyl (C=O) groups excluding carboxylic acids is 2. The zero-order valence-corrected chi connectivity index (χ0v) is 17.0. The van der Waals surface area contributed by atoms with Crippen LogP contribution >= 0.6 is 34.4 Å². The summed E-state index contributed by atoms with van der Waals surface area (Å²) in [4.78, 5) is 23.7. The van der Waals surface area contributed by atoms with E-state index in [2.05, 4.69) is 20.8 Å². The molecule has 0 aliphatic heterocycles. The summed E-state index contributed by atoms with van der Waals surface area (Å²) in [7, 11) is 0. The molecule has 2 aromatic heterocycles. The molecule has 1 aromatic carbocycles. The molecule has 0 fully saturated rings. The lowest BCUT2D eigenvalue weighted by Gasteiger charge is -2.09. The Morgan fingerprint density at radius 1 is 1.22 bits per heavy atom. The van der Waals surface area contributed by atoms with E-state index in [0.717, 1.165) is 11.3 Å². The van der Waals surface area contributed by atoms with Crippen LogP contribution in [0.3, 0.4) is 0 Å². The van der Waals surface area contributed by atoms with Crippen LogP contribution < -0.4 is 16.4 Å². The molecule has 0 bridgehead atoms. The van der Waals surface area contributed by atoms with Crippen molar-refractivity contribution in [2.75, 3.05) is 10.6 Å². The van der Waals surface area contributed by atoms with Gasteiger partial charge in [0.25, 0.3) is 5.91 Å². The van der Waals surface area contributed by atoms with Gasteiger partial charge in [-0.3, -0.25) is 9.59 Å². The molecule has 140 valence electrons. The SMILES string of the molecule is Cc1ccccc1Nc1nnc(S[C@@H](C)C(=O)Nc2sccc2C(N)=O)s1. The van der Waals surface area contributed by atoms with Crippen molar-refractivity contribution in [3.63, 3.8) is 0 Å². The van der Waals surface area contributed by atoms with Gasteiger partial charge in [0.05, 0.1) is 10.8 Å². The number of hydrogen-bond donors (Lipinski definition) is 3. The van der Waals surface area contributed by atoms with Crippen molar-refractivity contribution in [2.24, 2.45) is 5.73 Å². The van der Waals surface area contributed by atoms with Crippen LogP contribution in [0.5, 0.6) is 0 Å². The van der Waals surface area contributed by atoms with E-state index < -0.39 is 11.2 Å². The number of hydrogen-bond acceptors (Lipinski definition) is 8. The predicted octanol–water partition coefficient (Wildman–Crippen LogP) is 3.87. The second-order valence-corrected chi connectivity index (χ2v) is 9.07. The number of rotatable bonds is 7. The zero-order valence-electron chi connectivity index (χ0n) is 14.6. The van der Waals surface area contributed by atoms with Crippen LogP contribution in [-0.4, -0.2) is 27.3 Å². The lowest BCUT2D eigenvalue weighted by Crippen LogP contribution is -2.23. The normalized spacial score (nSPS) is 11.8. The van der Waals surface area contributed by atoms with Crippen molar-refractivity contribution in [1.82, 2.24) is 10.2 Å². The van der Waals surface area contributed by atoms with Gasteiger partial charge in [0.2, 0.25) is 11.0 Å². The second-order valence-electron chi connectivity index (χ2n) is 5.59. The minimum Gasteiger partial charge on any atom is -0.366 e. The van der Waals surface area contributed by atoms with Crippen LogP contribution in [0.25, 0.3) is 0 Å². The Kier molecular flexibility index (Phi) is 6.09. The average molecular weight is 420 g/mol. The van der Waals surface area contributed by atoms with Crippen molar-refractivity contribution < 1.29 is 9.59 Å². The first-order chi connectivity index (χ1) is 12.9. The summed E-state index contributed by atoms with van der Waals surface area (Å²) in [6.45, 7) is 3.78. The molecule has 0 spiro atoms. The standard InChI is InChI=1S/C17H17N5O2S3/c1-9-5-3-4-6-12(9)19-16-21-22-17(27-16)26-10(2)14(24)20-15-11(13(18)23)7-8-25-15/h3-8,10H,1-2H3,(H2,18,23)(H,19,21)(H,20,24)/t10-/m0/s1. The van der Waals surface area contributed by atoms with Crippen LogP contribution in [0, 0.1) is 6.92 Å². The summed E-state index contributed by atoms with van der Waals surface area (Å²) in [5, 5.41) is 16.6. The highest BCUT2D eigenvalue weighted by molar-refractivity contribution is 8.02. The van der Waals surface area contributed by atoms with E-state index in [9.17, 15) is 9.59 Å². The number of thiophene rings is 1. The van der Waals surface area contributed by atoms with E-state index in [0.29, 0.717) is 20.0 Å². The molecule has 0 radical (unpaired) electrons. The molecule has 4 N–H and O–H groups in total. The van der Waals surface area contributed by atoms with E-state index in [4.69, 9.17) is 5.73 Å². The summed E-state index contributed by atoms with van der Waals surface area (Å²) in [6.07, 6.45) is 0. The highest BCUT2D eigenvalue weighted by Gasteiger charge is 2.20. The highest BCUT2D eigenvalue weighted by Crippen LogP contribution is 2.32. The molecule has 2 amide bonds. The van der Waals surface area contributed by atoms with Crippen LogP contribution in [0.2, 0.25) is 0 Å². The number of nitrogens with one attached hydrogen (secondary N) is 2. The van der Waals surface area contributed by atoms with Crippen molar-refractivity contribution in [2.45, 2.75) is 23.4 Å². The molecular weight excluding hydrogens is 402 g/mol. The first-order valence-corrected chi connectivity index (χ1v) is 10.5. The van der Waals surface area contributed by atoms with Crippen LogP contribution in [0.15, 0.2) is 40.1 Å². The molecule has 10 heteroatoms.